The summed E-state index contributed by atoms with van der Waals surface area (Å²) >= 11 is 5.86. The van der Waals surface area contributed by atoms with Crippen molar-refractivity contribution in [3.63, 3.8) is 0 Å². The Morgan fingerprint density at radius 1 is 1.22 bits per heavy atom. The highest BCUT2D eigenvalue weighted by atomic mass is 35.5. The van der Waals surface area contributed by atoms with E-state index in [4.69, 9.17) is 16.3 Å². The summed E-state index contributed by atoms with van der Waals surface area (Å²) in [6.45, 7) is 5.34. The number of rotatable bonds is 4. The molecule has 2 aliphatic rings. The van der Waals surface area contributed by atoms with Crippen molar-refractivity contribution in [3.05, 3.63) is 40.9 Å². The smallest absolute Gasteiger partial charge is 0.246 e. The third kappa shape index (κ3) is 4.80. The van der Waals surface area contributed by atoms with Crippen LogP contribution in [0, 0.1) is 0 Å². The van der Waals surface area contributed by atoms with Crippen LogP contribution in [0.3, 0.4) is 0 Å². The van der Waals surface area contributed by atoms with Crippen LogP contribution in [0.1, 0.15) is 18.4 Å². The van der Waals surface area contributed by atoms with Gasteiger partial charge in [0.05, 0.1) is 6.10 Å². The Hall–Kier alpha value is -1.36. The molecule has 1 atom stereocenters. The molecule has 0 N–H and O–H groups in total. The van der Waals surface area contributed by atoms with Gasteiger partial charge in [-0.1, -0.05) is 23.7 Å². The Morgan fingerprint density at radius 2 is 1.96 bits per heavy atom. The summed E-state index contributed by atoms with van der Waals surface area (Å²) in [4.78, 5) is 16.6. The van der Waals surface area contributed by atoms with E-state index >= 15 is 0 Å². The SMILES string of the molecule is O=C(/C=C/c1ccc(Cl)cc1)N1CCN(CC2CCCO2)CC1. The number of hydrogen-bond donors (Lipinski definition) is 0. The monoisotopic (exact) mass is 334 g/mol. The summed E-state index contributed by atoms with van der Waals surface area (Å²) in [5, 5.41) is 0.704. The topological polar surface area (TPSA) is 32.8 Å². The molecule has 1 aromatic carbocycles. The van der Waals surface area contributed by atoms with Gasteiger partial charge in [0, 0.05) is 50.4 Å². The van der Waals surface area contributed by atoms with Crippen molar-refractivity contribution in [3.8, 4) is 0 Å². The van der Waals surface area contributed by atoms with Gasteiger partial charge in [-0.3, -0.25) is 9.69 Å². The summed E-state index contributed by atoms with van der Waals surface area (Å²) in [7, 11) is 0. The lowest BCUT2D eigenvalue weighted by atomic mass is 10.2. The molecule has 2 heterocycles. The van der Waals surface area contributed by atoms with Crippen LogP contribution in [0.5, 0.6) is 0 Å². The molecule has 0 saturated carbocycles. The fraction of sp³-hybridized carbons (Fsp3) is 0.500. The predicted molar refractivity (Wildman–Crippen MR) is 92.5 cm³/mol. The van der Waals surface area contributed by atoms with Crippen LogP contribution in [0.4, 0.5) is 0 Å². The Labute approximate surface area is 142 Å². The number of ether oxygens (including phenoxy) is 1. The van der Waals surface area contributed by atoms with Crippen molar-refractivity contribution < 1.29 is 9.53 Å². The van der Waals surface area contributed by atoms with Gasteiger partial charge in [-0.05, 0) is 36.6 Å². The van der Waals surface area contributed by atoms with Crippen LogP contribution in [-0.4, -0.2) is 61.1 Å². The Bertz CT molecular complexity index is 545. The first-order valence-corrected chi connectivity index (χ1v) is 8.65. The number of halogens is 1. The molecule has 124 valence electrons. The number of piperazine rings is 1. The fourth-order valence-corrected chi connectivity index (χ4v) is 3.20. The molecule has 0 bridgehead atoms. The van der Waals surface area contributed by atoms with Crippen LogP contribution in [-0.2, 0) is 9.53 Å². The maximum Gasteiger partial charge on any atom is 0.246 e. The Balaban J connectivity index is 1.45. The number of carbonyl (C=O) groups excluding carboxylic acids is 1. The zero-order valence-electron chi connectivity index (χ0n) is 13.3. The van der Waals surface area contributed by atoms with Crippen molar-refractivity contribution in [1.29, 1.82) is 0 Å². The van der Waals surface area contributed by atoms with Crippen LogP contribution in [0.15, 0.2) is 30.3 Å². The number of hydrogen-bond acceptors (Lipinski definition) is 3. The van der Waals surface area contributed by atoms with E-state index < -0.39 is 0 Å². The van der Waals surface area contributed by atoms with E-state index in [1.807, 2.05) is 35.2 Å². The lowest BCUT2D eigenvalue weighted by Crippen LogP contribution is -2.50. The van der Waals surface area contributed by atoms with Gasteiger partial charge < -0.3 is 9.64 Å². The van der Waals surface area contributed by atoms with Gasteiger partial charge >= 0.3 is 0 Å². The average Bonchev–Trinajstić information content (AvgIpc) is 3.08. The van der Waals surface area contributed by atoms with Gasteiger partial charge in [-0.25, -0.2) is 0 Å². The maximum absolute atomic E-state index is 12.3. The van der Waals surface area contributed by atoms with Gasteiger partial charge in [-0.15, -0.1) is 0 Å². The van der Waals surface area contributed by atoms with Crippen LogP contribution in [0.2, 0.25) is 5.02 Å². The standard InChI is InChI=1S/C18H23ClN2O2/c19-16-6-3-15(4-7-16)5-8-18(22)21-11-9-20(10-12-21)14-17-2-1-13-23-17/h3-8,17H,1-2,9-14H2/b8-5+. The second-order valence-corrected chi connectivity index (χ2v) is 6.58. The maximum atomic E-state index is 12.3. The second kappa shape index (κ2) is 7.95. The molecule has 0 spiro atoms. The van der Waals surface area contributed by atoms with E-state index in [2.05, 4.69) is 4.90 Å². The molecule has 23 heavy (non-hydrogen) atoms. The van der Waals surface area contributed by atoms with Crippen LogP contribution >= 0.6 is 11.6 Å². The molecule has 5 heteroatoms. The molecule has 1 unspecified atom stereocenters. The average molecular weight is 335 g/mol. The molecular weight excluding hydrogens is 312 g/mol. The molecule has 3 rings (SSSR count). The predicted octanol–water partition coefficient (Wildman–Crippen LogP) is 2.68. The van der Waals surface area contributed by atoms with E-state index in [-0.39, 0.29) is 5.91 Å². The molecular formula is C18H23ClN2O2. The highest BCUT2D eigenvalue weighted by molar-refractivity contribution is 6.30. The van der Waals surface area contributed by atoms with Crippen molar-refractivity contribution >= 4 is 23.6 Å². The largest absolute Gasteiger partial charge is 0.377 e. The fourth-order valence-electron chi connectivity index (χ4n) is 3.07. The number of amides is 1. The summed E-state index contributed by atoms with van der Waals surface area (Å²) in [5.41, 5.74) is 0.986. The zero-order chi connectivity index (χ0) is 16.1. The second-order valence-electron chi connectivity index (χ2n) is 6.15. The van der Waals surface area contributed by atoms with Gasteiger partial charge in [0.25, 0.3) is 0 Å². The van der Waals surface area contributed by atoms with Gasteiger partial charge in [0.1, 0.15) is 0 Å². The minimum absolute atomic E-state index is 0.0803. The third-order valence-corrected chi connectivity index (χ3v) is 4.71. The van der Waals surface area contributed by atoms with E-state index in [1.165, 1.54) is 12.8 Å². The van der Waals surface area contributed by atoms with Crippen LogP contribution in [0.25, 0.3) is 6.08 Å². The first-order chi connectivity index (χ1) is 11.2. The first kappa shape index (κ1) is 16.5. The Morgan fingerprint density at radius 3 is 2.61 bits per heavy atom. The van der Waals surface area contributed by atoms with Crippen molar-refractivity contribution in [1.82, 2.24) is 9.80 Å². The first-order valence-electron chi connectivity index (χ1n) is 8.27. The molecule has 0 aromatic heterocycles. The number of nitrogens with zero attached hydrogens (tertiary/aromatic N) is 2. The van der Waals surface area contributed by atoms with Gasteiger partial charge in [0.2, 0.25) is 5.91 Å². The van der Waals surface area contributed by atoms with E-state index in [0.29, 0.717) is 11.1 Å². The molecule has 2 aliphatic heterocycles. The van der Waals surface area contributed by atoms with Gasteiger partial charge in [-0.2, -0.15) is 0 Å². The highest BCUT2D eigenvalue weighted by Crippen LogP contribution is 2.15. The summed E-state index contributed by atoms with van der Waals surface area (Å²) in [6.07, 6.45) is 6.24. The molecule has 1 aromatic rings. The highest BCUT2D eigenvalue weighted by Gasteiger charge is 2.23. The van der Waals surface area contributed by atoms with E-state index in [0.717, 1.165) is 44.9 Å². The number of benzene rings is 1. The van der Waals surface area contributed by atoms with Crippen molar-refractivity contribution in [2.45, 2.75) is 18.9 Å². The Kier molecular flexibility index (Phi) is 5.70. The molecule has 2 saturated heterocycles. The van der Waals surface area contributed by atoms with Crippen LogP contribution < -0.4 is 0 Å². The van der Waals surface area contributed by atoms with Gasteiger partial charge in [0.15, 0.2) is 0 Å². The molecule has 2 fully saturated rings. The summed E-state index contributed by atoms with van der Waals surface area (Å²) < 4.78 is 5.68. The lowest BCUT2D eigenvalue weighted by molar-refractivity contribution is -0.127. The normalized spacial score (nSPS) is 22.8. The number of carbonyl (C=O) groups is 1. The minimum Gasteiger partial charge on any atom is -0.377 e. The van der Waals surface area contributed by atoms with Crippen molar-refractivity contribution in [2.24, 2.45) is 0 Å². The lowest BCUT2D eigenvalue weighted by Gasteiger charge is -2.35. The molecule has 0 aliphatic carbocycles. The van der Waals surface area contributed by atoms with E-state index in [1.54, 1.807) is 6.08 Å². The molecule has 1 amide bonds. The van der Waals surface area contributed by atoms with Crippen molar-refractivity contribution in [2.75, 3.05) is 39.3 Å². The quantitative estimate of drug-likeness (QED) is 0.794. The molecule has 4 nitrogen and oxygen atoms in total. The summed E-state index contributed by atoms with van der Waals surface area (Å²) in [5.74, 6) is 0.0803. The minimum atomic E-state index is 0.0803. The third-order valence-electron chi connectivity index (χ3n) is 4.46. The molecule has 0 radical (unpaired) electrons. The zero-order valence-corrected chi connectivity index (χ0v) is 14.0. The van der Waals surface area contributed by atoms with E-state index in [9.17, 15) is 4.79 Å². The summed E-state index contributed by atoms with van der Waals surface area (Å²) in [6, 6.07) is 7.47.